The normalized spacial score (nSPS) is 9.88. The van der Waals surface area contributed by atoms with Crippen LogP contribution in [0.2, 0.25) is 0 Å². The van der Waals surface area contributed by atoms with Crippen LogP contribution in [0.3, 0.4) is 0 Å². The van der Waals surface area contributed by atoms with Gasteiger partial charge in [-0.05, 0) is 46.9 Å². The zero-order valence-electron chi connectivity index (χ0n) is 8.64. The molecule has 1 heterocycles. The monoisotopic (exact) mass is 327 g/mol. The molecule has 5 heteroatoms. The number of nitrogens with zero attached hydrogens (tertiary/aromatic N) is 2. The maximum absolute atomic E-state index is 5.62. The molecule has 0 aliphatic heterocycles. The average molecular weight is 327 g/mol. The molecule has 0 fully saturated rings. The fraction of sp³-hybridized carbons (Fsp3) is 0.0909. The second-order valence-corrected chi connectivity index (χ2v) is 4.21. The second-order valence-electron chi connectivity index (χ2n) is 3.05. The van der Waals surface area contributed by atoms with E-state index >= 15 is 0 Å². The van der Waals surface area contributed by atoms with Crippen LogP contribution in [0.5, 0.6) is 11.6 Å². The highest BCUT2D eigenvalue weighted by Crippen LogP contribution is 2.24. The van der Waals surface area contributed by atoms with E-state index in [-0.39, 0.29) is 0 Å². The highest BCUT2D eigenvalue weighted by molar-refractivity contribution is 14.1. The molecule has 0 saturated carbocycles. The highest BCUT2D eigenvalue weighted by atomic mass is 127. The number of halogens is 1. The smallest absolute Gasteiger partial charge is 0.235 e. The Hall–Kier alpha value is -1.37. The fourth-order valence-electron chi connectivity index (χ4n) is 1.18. The molecule has 1 N–H and O–H groups in total. The van der Waals surface area contributed by atoms with E-state index in [2.05, 4.69) is 37.9 Å². The molecule has 0 aliphatic rings. The lowest BCUT2D eigenvalue weighted by molar-refractivity contribution is 0.457. The van der Waals surface area contributed by atoms with Gasteiger partial charge >= 0.3 is 0 Å². The summed E-state index contributed by atoms with van der Waals surface area (Å²) in [5, 5.41) is 3.05. The summed E-state index contributed by atoms with van der Waals surface area (Å²) in [5.74, 6) is 1.34. The molecule has 16 heavy (non-hydrogen) atoms. The van der Waals surface area contributed by atoms with Crippen LogP contribution in [0.25, 0.3) is 0 Å². The van der Waals surface area contributed by atoms with Gasteiger partial charge in [0.05, 0.1) is 3.57 Å². The summed E-state index contributed by atoms with van der Waals surface area (Å²) in [6.07, 6.45) is 3.18. The van der Waals surface area contributed by atoms with Crippen molar-refractivity contribution in [1.29, 1.82) is 0 Å². The third kappa shape index (κ3) is 2.60. The van der Waals surface area contributed by atoms with Crippen molar-refractivity contribution in [1.82, 2.24) is 9.97 Å². The first kappa shape index (κ1) is 11.1. The van der Waals surface area contributed by atoms with Gasteiger partial charge in [0.15, 0.2) is 0 Å². The van der Waals surface area contributed by atoms with Crippen molar-refractivity contribution in [2.75, 3.05) is 12.4 Å². The predicted molar refractivity (Wildman–Crippen MR) is 70.8 cm³/mol. The Balaban J connectivity index is 2.18. The Morgan fingerprint density at radius 2 is 2.00 bits per heavy atom. The molecule has 0 spiro atoms. The first-order valence-electron chi connectivity index (χ1n) is 4.71. The van der Waals surface area contributed by atoms with E-state index in [9.17, 15) is 0 Å². The lowest BCUT2D eigenvalue weighted by atomic mass is 10.3. The Labute approximate surface area is 107 Å². The quantitative estimate of drug-likeness (QED) is 0.881. The third-order valence-electron chi connectivity index (χ3n) is 1.99. The fourth-order valence-corrected chi connectivity index (χ4v) is 1.59. The van der Waals surface area contributed by atoms with Crippen LogP contribution in [-0.4, -0.2) is 17.0 Å². The van der Waals surface area contributed by atoms with Gasteiger partial charge < -0.3 is 10.1 Å². The third-order valence-corrected chi connectivity index (χ3v) is 2.73. The van der Waals surface area contributed by atoms with E-state index in [1.54, 1.807) is 6.20 Å². The van der Waals surface area contributed by atoms with Crippen LogP contribution in [-0.2, 0) is 0 Å². The molecule has 4 nitrogen and oxygen atoms in total. The van der Waals surface area contributed by atoms with Crippen molar-refractivity contribution >= 4 is 28.3 Å². The van der Waals surface area contributed by atoms with E-state index < -0.39 is 0 Å². The van der Waals surface area contributed by atoms with Gasteiger partial charge in [0.1, 0.15) is 12.1 Å². The van der Waals surface area contributed by atoms with Crippen LogP contribution < -0.4 is 10.1 Å². The van der Waals surface area contributed by atoms with Gasteiger partial charge in [-0.2, -0.15) is 0 Å². The number of ether oxygens (including phenoxy) is 1. The summed E-state index contributed by atoms with van der Waals surface area (Å²) < 4.78 is 6.51. The van der Waals surface area contributed by atoms with Crippen LogP contribution in [0.1, 0.15) is 0 Å². The van der Waals surface area contributed by atoms with Gasteiger partial charge in [0, 0.05) is 18.9 Å². The topological polar surface area (TPSA) is 47.0 Å². The molecule has 82 valence electrons. The number of nitrogens with one attached hydrogen (secondary N) is 1. The van der Waals surface area contributed by atoms with Crippen molar-refractivity contribution in [2.24, 2.45) is 0 Å². The molecule has 0 saturated heterocycles. The summed E-state index contributed by atoms with van der Waals surface area (Å²) >= 11 is 2.14. The minimum atomic E-state index is 0.577. The minimum Gasteiger partial charge on any atom is -0.438 e. The van der Waals surface area contributed by atoms with Crippen LogP contribution in [0.4, 0.5) is 5.69 Å². The summed E-state index contributed by atoms with van der Waals surface area (Å²) in [4.78, 5) is 7.96. The maximum Gasteiger partial charge on any atom is 0.235 e. The number of anilines is 1. The molecule has 0 atom stereocenters. The van der Waals surface area contributed by atoms with Crippen molar-refractivity contribution in [3.8, 4) is 11.6 Å². The molecule has 0 aliphatic carbocycles. The van der Waals surface area contributed by atoms with E-state index in [0.29, 0.717) is 5.88 Å². The standard InChI is InChI=1S/C11H10IN3O/c1-13-8-2-4-9(5-3-8)16-11-10(12)6-14-7-15-11/h2-7,13H,1H3. The Morgan fingerprint density at radius 1 is 1.25 bits per heavy atom. The van der Waals surface area contributed by atoms with Gasteiger partial charge in [0.2, 0.25) is 5.88 Å². The molecular formula is C11H10IN3O. The lowest BCUT2D eigenvalue weighted by Gasteiger charge is -2.06. The molecule has 1 aromatic carbocycles. The number of hydrogen-bond donors (Lipinski definition) is 1. The number of hydrogen-bond acceptors (Lipinski definition) is 4. The predicted octanol–water partition coefficient (Wildman–Crippen LogP) is 2.92. The SMILES string of the molecule is CNc1ccc(Oc2ncncc2I)cc1. The van der Waals surface area contributed by atoms with E-state index in [0.717, 1.165) is 15.0 Å². The van der Waals surface area contributed by atoms with Crippen molar-refractivity contribution in [2.45, 2.75) is 0 Å². The summed E-state index contributed by atoms with van der Waals surface area (Å²) in [6, 6.07) is 7.68. The first-order valence-corrected chi connectivity index (χ1v) is 5.78. The Kier molecular flexibility index (Phi) is 3.55. The van der Waals surface area contributed by atoms with Crippen molar-refractivity contribution < 1.29 is 4.74 Å². The Bertz CT molecular complexity index is 473. The molecular weight excluding hydrogens is 317 g/mol. The summed E-state index contributed by atoms with van der Waals surface area (Å²) in [7, 11) is 1.88. The van der Waals surface area contributed by atoms with Crippen LogP contribution >= 0.6 is 22.6 Å². The van der Waals surface area contributed by atoms with Crippen LogP contribution in [0, 0.1) is 3.57 Å². The zero-order chi connectivity index (χ0) is 11.4. The van der Waals surface area contributed by atoms with Gasteiger partial charge in [-0.25, -0.2) is 9.97 Å². The van der Waals surface area contributed by atoms with Crippen molar-refractivity contribution in [3.05, 3.63) is 40.4 Å². The minimum absolute atomic E-state index is 0.577. The molecule has 0 bridgehead atoms. The molecule has 2 rings (SSSR count). The number of aromatic nitrogens is 2. The first-order chi connectivity index (χ1) is 7.79. The van der Waals surface area contributed by atoms with Gasteiger partial charge in [-0.3, -0.25) is 0 Å². The van der Waals surface area contributed by atoms with E-state index in [1.165, 1.54) is 6.33 Å². The molecule has 1 aromatic heterocycles. The molecule has 0 amide bonds. The number of rotatable bonds is 3. The summed E-state index contributed by atoms with van der Waals surface area (Å²) in [6.45, 7) is 0. The van der Waals surface area contributed by atoms with Crippen LogP contribution in [0.15, 0.2) is 36.8 Å². The zero-order valence-corrected chi connectivity index (χ0v) is 10.8. The van der Waals surface area contributed by atoms with Gasteiger partial charge in [-0.15, -0.1) is 0 Å². The van der Waals surface area contributed by atoms with E-state index in [4.69, 9.17) is 4.74 Å². The molecule has 2 aromatic rings. The summed E-state index contributed by atoms with van der Waals surface area (Å²) in [5.41, 5.74) is 1.05. The van der Waals surface area contributed by atoms with Gasteiger partial charge in [-0.1, -0.05) is 0 Å². The molecule has 0 radical (unpaired) electrons. The average Bonchev–Trinajstić information content (AvgIpc) is 2.33. The molecule has 0 unspecified atom stereocenters. The van der Waals surface area contributed by atoms with E-state index in [1.807, 2.05) is 31.3 Å². The van der Waals surface area contributed by atoms with Gasteiger partial charge in [0.25, 0.3) is 0 Å². The maximum atomic E-state index is 5.62. The lowest BCUT2D eigenvalue weighted by Crippen LogP contribution is -1.92. The highest BCUT2D eigenvalue weighted by Gasteiger charge is 2.03. The van der Waals surface area contributed by atoms with Crippen molar-refractivity contribution in [3.63, 3.8) is 0 Å². The second kappa shape index (κ2) is 5.11. The largest absolute Gasteiger partial charge is 0.438 e. The number of benzene rings is 1. The Morgan fingerprint density at radius 3 is 2.62 bits per heavy atom.